The maximum atomic E-state index is 11.9. The van der Waals surface area contributed by atoms with E-state index in [4.69, 9.17) is 9.47 Å². The van der Waals surface area contributed by atoms with Gasteiger partial charge < -0.3 is 19.7 Å². The number of rotatable bonds is 3. The molecule has 1 aliphatic heterocycles. The summed E-state index contributed by atoms with van der Waals surface area (Å²) < 4.78 is 10.8. The highest BCUT2D eigenvalue weighted by molar-refractivity contribution is 5.72. The zero-order valence-corrected chi connectivity index (χ0v) is 11.0. The number of esters is 1. The fraction of sp³-hybridized carbons (Fsp3) is 0.929. The van der Waals surface area contributed by atoms with Gasteiger partial charge in [0.15, 0.2) is 0 Å². The van der Waals surface area contributed by atoms with Crippen LogP contribution in [0.2, 0.25) is 0 Å². The maximum absolute atomic E-state index is 11.9. The van der Waals surface area contributed by atoms with E-state index >= 15 is 0 Å². The number of aliphatic hydroxyl groups excluding tert-OH is 2. The minimum atomic E-state index is -0.790. The summed E-state index contributed by atoms with van der Waals surface area (Å²) in [6, 6.07) is 0. The molecule has 5 heteroatoms. The Morgan fingerprint density at radius 1 is 1.05 bits per heavy atom. The molecule has 1 heterocycles. The highest BCUT2D eigenvalue weighted by atomic mass is 16.6. The summed E-state index contributed by atoms with van der Waals surface area (Å²) in [6.07, 6.45) is 3.96. The van der Waals surface area contributed by atoms with E-state index in [0.29, 0.717) is 44.0 Å². The number of epoxide rings is 1. The average Bonchev–Trinajstić information content (AvgIpc) is 3.17. The lowest BCUT2D eigenvalue weighted by Crippen LogP contribution is -2.37. The van der Waals surface area contributed by atoms with Gasteiger partial charge in [-0.2, -0.15) is 0 Å². The SMILES string of the molecule is O=C(OCC1CCC2OC2C1)C1CCC(O)C(O)C1. The summed E-state index contributed by atoms with van der Waals surface area (Å²) in [6.45, 7) is 0.473. The summed E-state index contributed by atoms with van der Waals surface area (Å²) in [5.74, 6) is -0.0523. The van der Waals surface area contributed by atoms with Crippen LogP contribution in [0.15, 0.2) is 0 Å². The van der Waals surface area contributed by atoms with E-state index in [1.165, 1.54) is 0 Å². The molecule has 0 aromatic carbocycles. The monoisotopic (exact) mass is 270 g/mol. The van der Waals surface area contributed by atoms with Crippen molar-refractivity contribution in [3.8, 4) is 0 Å². The van der Waals surface area contributed by atoms with Crippen LogP contribution in [0.1, 0.15) is 38.5 Å². The van der Waals surface area contributed by atoms with E-state index in [-0.39, 0.29) is 11.9 Å². The van der Waals surface area contributed by atoms with Crippen molar-refractivity contribution < 1.29 is 24.5 Å². The molecule has 3 rings (SSSR count). The lowest BCUT2D eigenvalue weighted by atomic mass is 9.85. The first kappa shape index (κ1) is 13.3. The molecule has 0 bridgehead atoms. The van der Waals surface area contributed by atoms with E-state index in [0.717, 1.165) is 19.3 Å². The van der Waals surface area contributed by atoms with Gasteiger partial charge in [0, 0.05) is 0 Å². The smallest absolute Gasteiger partial charge is 0.309 e. The zero-order chi connectivity index (χ0) is 13.4. The predicted molar refractivity (Wildman–Crippen MR) is 66.3 cm³/mol. The number of carbonyl (C=O) groups is 1. The molecule has 0 spiro atoms. The van der Waals surface area contributed by atoms with E-state index < -0.39 is 12.2 Å². The molecule has 6 atom stereocenters. The Kier molecular flexibility index (Phi) is 3.78. The number of aliphatic hydroxyl groups is 2. The minimum absolute atomic E-state index is 0.218. The van der Waals surface area contributed by atoms with Gasteiger partial charge in [-0.1, -0.05) is 0 Å². The maximum Gasteiger partial charge on any atom is 0.309 e. The van der Waals surface area contributed by atoms with Gasteiger partial charge in [-0.25, -0.2) is 0 Å². The first-order valence-electron chi connectivity index (χ1n) is 7.31. The second-order valence-corrected chi connectivity index (χ2v) is 6.17. The Morgan fingerprint density at radius 3 is 2.63 bits per heavy atom. The van der Waals surface area contributed by atoms with Gasteiger partial charge in [0.25, 0.3) is 0 Å². The van der Waals surface area contributed by atoms with E-state index in [2.05, 4.69) is 0 Å². The average molecular weight is 270 g/mol. The van der Waals surface area contributed by atoms with Crippen LogP contribution in [0, 0.1) is 11.8 Å². The van der Waals surface area contributed by atoms with E-state index in [1.807, 2.05) is 0 Å². The summed E-state index contributed by atoms with van der Waals surface area (Å²) in [4.78, 5) is 11.9. The van der Waals surface area contributed by atoms with E-state index in [9.17, 15) is 15.0 Å². The molecule has 0 aromatic rings. The third-order valence-electron chi connectivity index (χ3n) is 4.69. The molecule has 2 aliphatic carbocycles. The fourth-order valence-corrected chi connectivity index (χ4v) is 3.30. The van der Waals surface area contributed by atoms with Gasteiger partial charge in [-0.15, -0.1) is 0 Å². The topological polar surface area (TPSA) is 79.3 Å². The number of hydrogen-bond acceptors (Lipinski definition) is 5. The molecule has 6 unspecified atom stereocenters. The second kappa shape index (κ2) is 5.38. The standard InChI is InChI=1S/C14H22O5/c15-10-3-2-9(6-11(10)16)14(17)18-7-8-1-4-12-13(5-8)19-12/h8-13,15-16H,1-7H2. The highest BCUT2D eigenvalue weighted by Gasteiger charge is 2.44. The van der Waals surface area contributed by atoms with Gasteiger partial charge >= 0.3 is 5.97 Å². The van der Waals surface area contributed by atoms with Crippen molar-refractivity contribution in [1.29, 1.82) is 0 Å². The fourth-order valence-electron chi connectivity index (χ4n) is 3.30. The number of hydrogen-bond donors (Lipinski definition) is 2. The summed E-state index contributed by atoms with van der Waals surface area (Å²) in [5, 5.41) is 19.0. The molecule has 0 amide bonds. The first-order chi connectivity index (χ1) is 9.13. The molecule has 2 N–H and O–H groups in total. The van der Waals surface area contributed by atoms with Crippen molar-refractivity contribution in [1.82, 2.24) is 0 Å². The van der Waals surface area contributed by atoms with Crippen molar-refractivity contribution in [2.24, 2.45) is 11.8 Å². The minimum Gasteiger partial charge on any atom is -0.465 e. The number of ether oxygens (including phenoxy) is 2. The van der Waals surface area contributed by atoms with Crippen LogP contribution in [0.25, 0.3) is 0 Å². The molecular formula is C14H22O5. The van der Waals surface area contributed by atoms with Gasteiger partial charge in [0.1, 0.15) is 0 Å². The van der Waals surface area contributed by atoms with Gasteiger partial charge in [0.2, 0.25) is 0 Å². The molecule has 108 valence electrons. The van der Waals surface area contributed by atoms with Crippen LogP contribution in [0.5, 0.6) is 0 Å². The second-order valence-electron chi connectivity index (χ2n) is 6.17. The molecule has 0 radical (unpaired) electrons. The summed E-state index contributed by atoms with van der Waals surface area (Å²) in [5.41, 5.74) is 0. The summed E-state index contributed by atoms with van der Waals surface area (Å²) in [7, 11) is 0. The third kappa shape index (κ3) is 3.09. The van der Waals surface area contributed by atoms with Crippen molar-refractivity contribution in [2.45, 2.75) is 62.9 Å². The summed E-state index contributed by atoms with van der Waals surface area (Å²) >= 11 is 0. The van der Waals surface area contributed by atoms with Crippen LogP contribution < -0.4 is 0 Å². The normalized spacial score (nSPS) is 45.4. The highest BCUT2D eigenvalue weighted by Crippen LogP contribution is 2.39. The largest absolute Gasteiger partial charge is 0.465 e. The Labute approximate surface area is 112 Å². The van der Waals surface area contributed by atoms with Gasteiger partial charge in [-0.05, 0) is 44.4 Å². The molecule has 3 fully saturated rings. The zero-order valence-electron chi connectivity index (χ0n) is 11.0. The van der Waals surface area contributed by atoms with Crippen LogP contribution in [0.4, 0.5) is 0 Å². The van der Waals surface area contributed by atoms with Crippen molar-refractivity contribution >= 4 is 5.97 Å². The molecule has 0 aromatic heterocycles. The Hall–Kier alpha value is -0.650. The Bertz CT molecular complexity index is 345. The lowest BCUT2D eigenvalue weighted by Gasteiger charge is -2.29. The predicted octanol–water partition coefficient (Wildman–Crippen LogP) is 0.619. The van der Waals surface area contributed by atoms with E-state index in [1.54, 1.807) is 0 Å². The van der Waals surface area contributed by atoms with Crippen LogP contribution >= 0.6 is 0 Å². The molecular weight excluding hydrogens is 248 g/mol. The van der Waals surface area contributed by atoms with Crippen molar-refractivity contribution in [3.05, 3.63) is 0 Å². The quantitative estimate of drug-likeness (QED) is 0.580. The third-order valence-corrected chi connectivity index (χ3v) is 4.69. The van der Waals surface area contributed by atoms with Gasteiger partial charge in [-0.3, -0.25) is 4.79 Å². The Balaban J connectivity index is 1.41. The Morgan fingerprint density at radius 2 is 1.89 bits per heavy atom. The van der Waals surface area contributed by atoms with Gasteiger partial charge in [0.05, 0.1) is 36.9 Å². The van der Waals surface area contributed by atoms with Crippen LogP contribution in [-0.2, 0) is 14.3 Å². The lowest BCUT2D eigenvalue weighted by molar-refractivity contribution is -0.154. The van der Waals surface area contributed by atoms with Crippen molar-refractivity contribution in [3.63, 3.8) is 0 Å². The molecule has 3 aliphatic rings. The number of carbonyl (C=O) groups excluding carboxylic acids is 1. The van der Waals surface area contributed by atoms with Crippen LogP contribution in [0.3, 0.4) is 0 Å². The van der Waals surface area contributed by atoms with Crippen LogP contribution in [-0.4, -0.2) is 47.2 Å². The first-order valence-corrected chi connectivity index (χ1v) is 7.31. The molecule has 1 saturated heterocycles. The molecule has 2 saturated carbocycles. The number of fused-ring (bicyclic) bond motifs is 1. The molecule has 19 heavy (non-hydrogen) atoms. The van der Waals surface area contributed by atoms with Crippen molar-refractivity contribution in [2.75, 3.05) is 6.61 Å². The molecule has 5 nitrogen and oxygen atoms in total.